The van der Waals surface area contributed by atoms with Gasteiger partial charge >= 0.3 is 5.97 Å². The summed E-state index contributed by atoms with van der Waals surface area (Å²) in [4.78, 5) is 39.0. The predicted molar refractivity (Wildman–Crippen MR) is 129 cm³/mol. The maximum absolute atomic E-state index is 13.0. The van der Waals surface area contributed by atoms with Crippen molar-refractivity contribution in [2.45, 2.75) is 34.3 Å². The van der Waals surface area contributed by atoms with Gasteiger partial charge in [0.2, 0.25) is 0 Å². The normalized spacial score (nSPS) is 11.0. The number of hydrogen-bond acceptors (Lipinski definition) is 8. The van der Waals surface area contributed by atoms with Crippen LogP contribution in [0.1, 0.15) is 38.7 Å². The van der Waals surface area contributed by atoms with Crippen LogP contribution in [0.3, 0.4) is 0 Å². The second kappa shape index (κ2) is 9.98. The standard InChI is InChI=1S/C25H26N6O4/c1-14-10-15(2)27-25(26-14)31-21(11-16(3)30-31)29-22(32)13-35-24(33)23-17(4)18-8-6-7-9-19(18)28-20(23)12-34-5/h6-11H,12-13H2,1-5H3,(H,29,32). The molecule has 0 fully saturated rings. The molecular weight excluding hydrogens is 448 g/mol. The Morgan fingerprint density at radius 3 is 2.40 bits per heavy atom. The number of esters is 1. The number of ether oxygens (including phenoxy) is 2. The fourth-order valence-corrected chi connectivity index (χ4v) is 3.88. The lowest BCUT2D eigenvalue weighted by atomic mass is 10.0. The second-order valence-electron chi connectivity index (χ2n) is 8.17. The molecule has 0 atom stereocenters. The van der Waals surface area contributed by atoms with Crippen LogP contribution >= 0.6 is 0 Å². The van der Waals surface area contributed by atoms with E-state index in [1.807, 2.05) is 51.1 Å². The molecule has 10 nitrogen and oxygen atoms in total. The van der Waals surface area contributed by atoms with Gasteiger partial charge in [-0.3, -0.25) is 4.79 Å². The number of nitrogens with one attached hydrogen (secondary N) is 1. The Bertz CT molecular complexity index is 1410. The molecule has 3 aromatic heterocycles. The zero-order valence-electron chi connectivity index (χ0n) is 20.2. The molecule has 0 aliphatic carbocycles. The number of carbonyl (C=O) groups excluding carboxylic acids is 2. The van der Waals surface area contributed by atoms with Gasteiger partial charge in [-0.15, -0.1) is 0 Å². The number of aryl methyl sites for hydroxylation is 4. The summed E-state index contributed by atoms with van der Waals surface area (Å²) in [5, 5.41) is 7.93. The van der Waals surface area contributed by atoms with Gasteiger partial charge in [-0.25, -0.2) is 19.7 Å². The van der Waals surface area contributed by atoms with Gasteiger partial charge in [0.05, 0.1) is 29.1 Å². The Hall–Kier alpha value is -4.18. The van der Waals surface area contributed by atoms with Gasteiger partial charge in [0.15, 0.2) is 6.61 Å². The lowest BCUT2D eigenvalue weighted by Crippen LogP contribution is -2.24. The quantitative estimate of drug-likeness (QED) is 0.405. The molecule has 3 heterocycles. The molecule has 10 heteroatoms. The SMILES string of the molecule is COCc1nc2ccccc2c(C)c1C(=O)OCC(=O)Nc1cc(C)nn1-c1nc(C)cc(C)n1. The number of para-hydroxylation sites is 1. The van der Waals surface area contributed by atoms with E-state index in [0.29, 0.717) is 34.3 Å². The third kappa shape index (κ3) is 5.17. The van der Waals surface area contributed by atoms with Gasteiger partial charge in [-0.05, 0) is 45.4 Å². The Labute approximate surface area is 202 Å². The van der Waals surface area contributed by atoms with E-state index in [0.717, 1.165) is 22.3 Å². The van der Waals surface area contributed by atoms with Crippen molar-refractivity contribution < 1.29 is 19.1 Å². The number of amides is 1. The van der Waals surface area contributed by atoms with E-state index < -0.39 is 18.5 Å². The van der Waals surface area contributed by atoms with E-state index in [4.69, 9.17) is 9.47 Å². The first-order chi connectivity index (χ1) is 16.8. The minimum Gasteiger partial charge on any atom is -0.452 e. The molecule has 0 aliphatic heterocycles. The van der Waals surface area contributed by atoms with Crippen molar-refractivity contribution >= 4 is 28.6 Å². The molecule has 0 radical (unpaired) electrons. The third-order valence-corrected chi connectivity index (χ3v) is 5.31. The molecule has 0 bridgehead atoms. The Kier molecular flexibility index (Phi) is 6.83. The highest BCUT2D eigenvalue weighted by Crippen LogP contribution is 2.24. The highest BCUT2D eigenvalue weighted by atomic mass is 16.5. The summed E-state index contributed by atoms with van der Waals surface area (Å²) in [7, 11) is 1.53. The molecule has 0 aliphatic rings. The molecule has 1 aromatic carbocycles. The summed E-state index contributed by atoms with van der Waals surface area (Å²) in [6.07, 6.45) is 0. The molecule has 0 unspecified atom stereocenters. The topological polar surface area (TPSA) is 121 Å². The lowest BCUT2D eigenvalue weighted by molar-refractivity contribution is -0.119. The van der Waals surface area contributed by atoms with Crippen molar-refractivity contribution in [3.05, 3.63) is 70.3 Å². The first-order valence-electron chi connectivity index (χ1n) is 11.0. The molecule has 1 N–H and O–H groups in total. The van der Waals surface area contributed by atoms with E-state index in [2.05, 4.69) is 25.4 Å². The van der Waals surface area contributed by atoms with Gasteiger partial charge in [0.25, 0.3) is 11.9 Å². The van der Waals surface area contributed by atoms with Crippen LogP contribution in [0.15, 0.2) is 36.4 Å². The van der Waals surface area contributed by atoms with Crippen LogP contribution in [-0.2, 0) is 20.9 Å². The van der Waals surface area contributed by atoms with Crippen LogP contribution in [0, 0.1) is 27.7 Å². The molecule has 0 saturated heterocycles. The molecule has 35 heavy (non-hydrogen) atoms. The number of anilines is 1. The number of hydrogen-bond donors (Lipinski definition) is 1. The monoisotopic (exact) mass is 474 g/mol. The molecular formula is C25H26N6O4. The van der Waals surface area contributed by atoms with Crippen molar-refractivity contribution in [2.24, 2.45) is 0 Å². The first kappa shape index (κ1) is 24.0. The summed E-state index contributed by atoms with van der Waals surface area (Å²) < 4.78 is 12.0. The van der Waals surface area contributed by atoms with Gasteiger partial charge in [0.1, 0.15) is 5.82 Å². The van der Waals surface area contributed by atoms with E-state index in [1.54, 1.807) is 13.0 Å². The number of aromatic nitrogens is 5. The van der Waals surface area contributed by atoms with Gasteiger partial charge in [0, 0.05) is 30.0 Å². The summed E-state index contributed by atoms with van der Waals surface area (Å²) in [5.41, 5.74) is 4.44. The summed E-state index contributed by atoms with van der Waals surface area (Å²) >= 11 is 0. The van der Waals surface area contributed by atoms with Crippen molar-refractivity contribution in [2.75, 3.05) is 19.0 Å². The van der Waals surface area contributed by atoms with Gasteiger partial charge in [-0.2, -0.15) is 9.78 Å². The minimum atomic E-state index is -0.648. The highest BCUT2D eigenvalue weighted by Gasteiger charge is 2.21. The maximum atomic E-state index is 13.0. The Morgan fingerprint density at radius 2 is 1.69 bits per heavy atom. The second-order valence-corrected chi connectivity index (χ2v) is 8.17. The van der Waals surface area contributed by atoms with Crippen LogP contribution in [0.2, 0.25) is 0 Å². The van der Waals surface area contributed by atoms with E-state index in [9.17, 15) is 9.59 Å². The number of methoxy groups -OCH3 is 1. The third-order valence-electron chi connectivity index (χ3n) is 5.31. The van der Waals surface area contributed by atoms with Gasteiger partial charge < -0.3 is 14.8 Å². The predicted octanol–water partition coefficient (Wildman–Crippen LogP) is 3.39. The smallest absolute Gasteiger partial charge is 0.340 e. The zero-order valence-corrected chi connectivity index (χ0v) is 20.2. The number of rotatable bonds is 7. The average Bonchev–Trinajstić information content (AvgIpc) is 3.17. The van der Waals surface area contributed by atoms with Crippen molar-refractivity contribution in [3.63, 3.8) is 0 Å². The van der Waals surface area contributed by atoms with E-state index in [-0.39, 0.29) is 6.61 Å². The fraction of sp³-hybridized carbons (Fsp3) is 0.280. The van der Waals surface area contributed by atoms with Crippen LogP contribution in [-0.4, -0.2) is 50.3 Å². The van der Waals surface area contributed by atoms with Crippen LogP contribution < -0.4 is 5.32 Å². The molecule has 0 saturated carbocycles. The molecule has 1 amide bonds. The number of pyridine rings is 1. The van der Waals surface area contributed by atoms with Crippen molar-refractivity contribution in [1.82, 2.24) is 24.7 Å². The Balaban J connectivity index is 1.52. The largest absolute Gasteiger partial charge is 0.452 e. The average molecular weight is 475 g/mol. The molecule has 0 spiro atoms. The van der Waals surface area contributed by atoms with E-state index in [1.165, 1.54) is 11.8 Å². The number of benzene rings is 1. The van der Waals surface area contributed by atoms with Gasteiger partial charge in [-0.1, -0.05) is 18.2 Å². The Morgan fingerprint density at radius 1 is 0.971 bits per heavy atom. The summed E-state index contributed by atoms with van der Waals surface area (Å²) in [6, 6.07) is 11.0. The highest BCUT2D eigenvalue weighted by molar-refractivity contribution is 6.00. The van der Waals surface area contributed by atoms with Crippen LogP contribution in [0.4, 0.5) is 5.82 Å². The van der Waals surface area contributed by atoms with Crippen molar-refractivity contribution in [1.29, 1.82) is 0 Å². The van der Waals surface area contributed by atoms with Crippen LogP contribution in [0.5, 0.6) is 0 Å². The van der Waals surface area contributed by atoms with Crippen molar-refractivity contribution in [3.8, 4) is 5.95 Å². The number of nitrogens with zero attached hydrogens (tertiary/aromatic N) is 5. The number of carbonyl (C=O) groups is 2. The summed E-state index contributed by atoms with van der Waals surface area (Å²) in [6.45, 7) is 6.97. The number of fused-ring (bicyclic) bond motifs is 1. The van der Waals surface area contributed by atoms with E-state index >= 15 is 0 Å². The molecule has 4 aromatic rings. The van der Waals surface area contributed by atoms with Crippen LogP contribution in [0.25, 0.3) is 16.9 Å². The zero-order chi connectivity index (χ0) is 25.1. The first-order valence-corrected chi connectivity index (χ1v) is 11.0. The lowest BCUT2D eigenvalue weighted by Gasteiger charge is -2.14. The molecule has 4 rings (SSSR count). The summed E-state index contributed by atoms with van der Waals surface area (Å²) in [5.74, 6) is -0.462. The fourth-order valence-electron chi connectivity index (χ4n) is 3.88. The molecule has 180 valence electrons. The minimum absolute atomic E-state index is 0.136. The maximum Gasteiger partial charge on any atom is 0.340 e.